The molecule has 0 fully saturated rings. The molecule has 5 heteroatoms. The van der Waals surface area contributed by atoms with Gasteiger partial charge >= 0.3 is 11.9 Å². The first-order chi connectivity index (χ1) is 6.56. The highest BCUT2D eigenvalue weighted by Gasteiger charge is 2.09. The van der Waals surface area contributed by atoms with E-state index in [0.29, 0.717) is 13.2 Å². The highest BCUT2D eigenvalue weighted by atomic mass is 127. The molecule has 1 unspecified atom stereocenters. The molecule has 0 rings (SSSR count). The van der Waals surface area contributed by atoms with Crippen LogP contribution in [0.2, 0.25) is 0 Å². The zero-order valence-electron chi connectivity index (χ0n) is 8.42. The molecule has 0 aromatic carbocycles. The molecule has 0 amide bonds. The summed E-state index contributed by atoms with van der Waals surface area (Å²) in [6, 6.07) is 0. The molecule has 0 aliphatic heterocycles. The number of rotatable bonds is 6. The average Bonchev–Trinajstić information content (AvgIpc) is 2.10. The van der Waals surface area contributed by atoms with Gasteiger partial charge in [-0.2, -0.15) is 0 Å². The van der Waals surface area contributed by atoms with Crippen molar-refractivity contribution in [2.75, 3.05) is 17.6 Å². The third kappa shape index (κ3) is 8.28. The zero-order valence-corrected chi connectivity index (χ0v) is 10.6. The summed E-state index contributed by atoms with van der Waals surface area (Å²) in [7, 11) is 0. The van der Waals surface area contributed by atoms with Crippen molar-refractivity contribution in [1.29, 1.82) is 0 Å². The van der Waals surface area contributed by atoms with Gasteiger partial charge in [0.2, 0.25) is 0 Å². The van der Waals surface area contributed by atoms with Gasteiger partial charge in [0.25, 0.3) is 0 Å². The van der Waals surface area contributed by atoms with E-state index in [-0.39, 0.29) is 17.9 Å². The Balaban J connectivity index is 3.57. The number of halogens is 1. The SMILES string of the molecule is CC(=O)OCCC(CI)COC(C)=O. The maximum absolute atomic E-state index is 10.5. The molecule has 0 radical (unpaired) electrons. The largest absolute Gasteiger partial charge is 0.466 e. The van der Waals surface area contributed by atoms with E-state index in [1.165, 1.54) is 13.8 Å². The molecule has 0 saturated heterocycles. The lowest BCUT2D eigenvalue weighted by Crippen LogP contribution is -2.16. The second-order valence-electron chi connectivity index (χ2n) is 2.95. The van der Waals surface area contributed by atoms with Gasteiger partial charge in [0.05, 0.1) is 13.2 Å². The molecule has 0 aliphatic rings. The number of alkyl halides is 1. The van der Waals surface area contributed by atoms with Crippen molar-refractivity contribution in [2.24, 2.45) is 5.92 Å². The van der Waals surface area contributed by atoms with Gasteiger partial charge < -0.3 is 9.47 Å². The molecule has 14 heavy (non-hydrogen) atoms. The normalized spacial score (nSPS) is 11.9. The van der Waals surface area contributed by atoms with E-state index in [0.717, 1.165) is 10.8 Å². The van der Waals surface area contributed by atoms with E-state index in [1.807, 2.05) is 0 Å². The summed E-state index contributed by atoms with van der Waals surface area (Å²) in [5, 5.41) is 0. The molecule has 0 heterocycles. The molecule has 0 bridgehead atoms. The first-order valence-electron chi connectivity index (χ1n) is 4.39. The molecule has 0 aliphatic carbocycles. The van der Waals surface area contributed by atoms with Crippen LogP contribution in [0.25, 0.3) is 0 Å². The first kappa shape index (κ1) is 13.7. The van der Waals surface area contributed by atoms with Gasteiger partial charge in [0.15, 0.2) is 0 Å². The highest BCUT2D eigenvalue weighted by Crippen LogP contribution is 2.08. The summed E-state index contributed by atoms with van der Waals surface area (Å²) in [5.41, 5.74) is 0. The summed E-state index contributed by atoms with van der Waals surface area (Å²) in [5.74, 6) is -0.282. The van der Waals surface area contributed by atoms with Gasteiger partial charge in [-0.15, -0.1) is 0 Å². The van der Waals surface area contributed by atoms with Crippen molar-refractivity contribution in [2.45, 2.75) is 20.3 Å². The van der Waals surface area contributed by atoms with Gasteiger partial charge in [0.1, 0.15) is 0 Å². The van der Waals surface area contributed by atoms with Crippen LogP contribution >= 0.6 is 22.6 Å². The molecule has 4 nitrogen and oxygen atoms in total. The molecular weight excluding hydrogens is 299 g/mol. The number of ether oxygens (including phenoxy) is 2. The van der Waals surface area contributed by atoms with Crippen LogP contribution in [-0.4, -0.2) is 29.6 Å². The van der Waals surface area contributed by atoms with Crippen molar-refractivity contribution in [3.8, 4) is 0 Å². The minimum Gasteiger partial charge on any atom is -0.466 e. The molecule has 0 aromatic heterocycles. The monoisotopic (exact) mass is 314 g/mol. The van der Waals surface area contributed by atoms with Gasteiger partial charge in [0, 0.05) is 24.2 Å². The van der Waals surface area contributed by atoms with Crippen LogP contribution in [0.4, 0.5) is 0 Å². The Labute approximate surface area is 97.5 Å². The zero-order chi connectivity index (χ0) is 11.0. The van der Waals surface area contributed by atoms with Gasteiger partial charge in [-0.05, 0) is 6.42 Å². The van der Waals surface area contributed by atoms with E-state index in [1.54, 1.807) is 0 Å². The molecular formula is C9H15IO4. The van der Waals surface area contributed by atoms with Crippen molar-refractivity contribution in [3.05, 3.63) is 0 Å². The Bertz CT molecular complexity index is 193. The van der Waals surface area contributed by atoms with Gasteiger partial charge in [-0.3, -0.25) is 9.59 Å². The fraction of sp³-hybridized carbons (Fsp3) is 0.778. The van der Waals surface area contributed by atoms with Crippen molar-refractivity contribution in [1.82, 2.24) is 0 Å². The summed E-state index contributed by atoms with van der Waals surface area (Å²) in [6.45, 7) is 3.56. The molecule has 0 aromatic rings. The Hall–Kier alpha value is -0.330. The molecule has 82 valence electrons. The van der Waals surface area contributed by atoms with Crippen LogP contribution in [0.5, 0.6) is 0 Å². The van der Waals surface area contributed by atoms with Crippen LogP contribution in [0.1, 0.15) is 20.3 Å². The number of esters is 2. The number of carbonyl (C=O) groups excluding carboxylic acids is 2. The van der Waals surface area contributed by atoms with E-state index in [9.17, 15) is 9.59 Å². The molecule has 0 spiro atoms. The Morgan fingerprint density at radius 1 is 1.21 bits per heavy atom. The Morgan fingerprint density at radius 3 is 2.21 bits per heavy atom. The van der Waals surface area contributed by atoms with E-state index < -0.39 is 0 Å². The van der Waals surface area contributed by atoms with Gasteiger partial charge in [-0.1, -0.05) is 22.6 Å². The fourth-order valence-electron chi connectivity index (χ4n) is 0.810. The number of carbonyl (C=O) groups is 2. The van der Waals surface area contributed by atoms with Crippen LogP contribution in [0, 0.1) is 5.92 Å². The lowest BCUT2D eigenvalue weighted by Gasteiger charge is -2.13. The minimum atomic E-state index is -0.273. The fourth-order valence-corrected chi connectivity index (χ4v) is 1.50. The predicted molar refractivity (Wildman–Crippen MR) is 60.3 cm³/mol. The summed E-state index contributed by atoms with van der Waals surface area (Å²) >= 11 is 2.22. The van der Waals surface area contributed by atoms with E-state index >= 15 is 0 Å². The molecule has 0 saturated carbocycles. The summed E-state index contributed by atoms with van der Waals surface area (Å²) in [4.78, 5) is 21.0. The van der Waals surface area contributed by atoms with E-state index in [2.05, 4.69) is 22.6 Å². The van der Waals surface area contributed by atoms with Gasteiger partial charge in [-0.25, -0.2) is 0 Å². The van der Waals surface area contributed by atoms with Crippen LogP contribution < -0.4 is 0 Å². The number of hydrogen-bond donors (Lipinski definition) is 0. The van der Waals surface area contributed by atoms with Crippen LogP contribution in [0.3, 0.4) is 0 Å². The van der Waals surface area contributed by atoms with E-state index in [4.69, 9.17) is 9.47 Å². The van der Waals surface area contributed by atoms with Crippen LogP contribution in [0.15, 0.2) is 0 Å². The third-order valence-corrected chi connectivity index (χ3v) is 2.82. The number of hydrogen-bond acceptors (Lipinski definition) is 4. The van der Waals surface area contributed by atoms with Crippen molar-refractivity contribution in [3.63, 3.8) is 0 Å². The minimum absolute atomic E-state index is 0.263. The third-order valence-electron chi connectivity index (χ3n) is 1.57. The summed E-state index contributed by atoms with van der Waals surface area (Å²) in [6.07, 6.45) is 0.732. The Kier molecular flexibility index (Phi) is 7.83. The predicted octanol–water partition coefficient (Wildman–Crippen LogP) is 1.55. The second kappa shape index (κ2) is 8.02. The highest BCUT2D eigenvalue weighted by molar-refractivity contribution is 14.1. The molecule has 1 atom stereocenters. The topological polar surface area (TPSA) is 52.6 Å². The van der Waals surface area contributed by atoms with Crippen molar-refractivity contribution < 1.29 is 19.1 Å². The lowest BCUT2D eigenvalue weighted by molar-refractivity contribution is -0.144. The lowest BCUT2D eigenvalue weighted by atomic mass is 10.1. The molecule has 0 N–H and O–H groups in total. The maximum atomic E-state index is 10.5. The standard InChI is InChI=1S/C9H15IO4/c1-7(11)13-4-3-9(5-10)6-14-8(2)12/h9H,3-6H2,1-2H3. The second-order valence-corrected chi connectivity index (χ2v) is 3.83. The first-order valence-corrected chi connectivity index (χ1v) is 5.91. The van der Waals surface area contributed by atoms with Crippen molar-refractivity contribution >= 4 is 34.5 Å². The average molecular weight is 314 g/mol. The Morgan fingerprint density at radius 2 is 1.79 bits per heavy atom. The van der Waals surface area contributed by atoms with Crippen LogP contribution in [-0.2, 0) is 19.1 Å². The maximum Gasteiger partial charge on any atom is 0.302 e. The quantitative estimate of drug-likeness (QED) is 0.424. The smallest absolute Gasteiger partial charge is 0.302 e. The summed E-state index contributed by atoms with van der Waals surface area (Å²) < 4.78 is 10.5.